The van der Waals surface area contributed by atoms with E-state index in [2.05, 4.69) is 0 Å². The summed E-state index contributed by atoms with van der Waals surface area (Å²) in [6, 6.07) is 1.97. The molecule has 3 heteroatoms. The highest BCUT2D eigenvalue weighted by atomic mass is 16.3. The lowest BCUT2D eigenvalue weighted by Crippen LogP contribution is -2.36. The molecule has 0 saturated heterocycles. The van der Waals surface area contributed by atoms with Crippen molar-refractivity contribution in [2.24, 2.45) is 5.92 Å². The number of nitriles is 1. The van der Waals surface area contributed by atoms with E-state index in [9.17, 15) is 0 Å². The molecule has 0 spiro atoms. The van der Waals surface area contributed by atoms with E-state index in [4.69, 9.17) is 15.5 Å². The van der Waals surface area contributed by atoms with E-state index in [0.717, 1.165) is 6.42 Å². The number of aliphatic hydroxyl groups excluding tert-OH is 2. The molecule has 0 aliphatic heterocycles. The molecule has 3 nitrogen and oxygen atoms in total. The van der Waals surface area contributed by atoms with Gasteiger partial charge in [0.15, 0.2) is 0 Å². The number of hydrogen-bond donors (Lipinski definition) is 2. The molecule has 10 heavy (non-hydrogen) atoms. The van der Waals surface area contributed by atoms with Crippen molar-refractivity contribution < 1.29 is 10.2 Å². The monoisotopic (exact) mass is 141 g/mol. The zero-order valence-corrected chi connectivity index (χ0v) is 5.70. The van der Waals surface area contributed by atoms with Crippen molar-refractivity contribution in [1.29, 1.82) is 5.26 Å². The van der Waals surface area contributed by atoms with Crippen LogP contribution >= 0.6 is 0 Å². The van der Waals surface area contributed by atoms with E-state index < -0.39 is 12.2 Å². The van der Waals surface area contributed by atoms with Crippen molar-refractivity contribution in [2.45, 2.75) is 31.5 Å². The van der Waals surface area contributed by atoms with Crippen LogP contribution in [0.3, 0.4) is 0 Å². The molecule has 0 radical (unpaired) electrons. The summed E-state index contributed by atoms with van der Waals surface area (Å²) in [7, 11) is 0. The van der Waals surface area contributed by atoms with Crippen LogP contribution in [-0.4, -0.2) is 22.4 Å². The fraction of sp³-hybridized carbons (Fsp3) is 0.857. The van der Waals surface area contributed by atoms with Crippen LogP contribution in [-0.2, 0) is 0 Å². The molecular formula is C7H11NO2. The summed E-state index contributed by atoms with van der Waals surface area (Å²) >= 11 is 0. The first-order valence-electron chi connectivity index (χ1n) is 3.51. The quantitative estimate of drug-likeness (QED) is 0.500. The third-order valence-electron chi connectivity index (χ3n) is 1.99. The molecule has 1 saturated carbocycles. The van der Waals surface area contributed by atoms with Gasteiger partial charge in [0.25, 0.3) is 0 Å². The number of hydrogen-bond acceptors (Lipinski definition) is 3. The summed E-state index contributed by atoms with van der Waals surface area (Å²) in [6.07, 6.45) is 0.682. The smallest absolute Gasteiger partial charge is 0.0956 e. The van der Waals surface area contributed by atoms with Crippen LogP contribution in [0.25, 0.3) is 0 Å². The van der Waals surface area contributed by atoms with Crippen molar-refractivity contribution in [3.63, 3.8) is 0 Å². The lowest BCUT2D eigenvalue weighted by Gasteiger charge is -2.26. The third-order valence-corrected chi connectivity index (χ3v) is 1.99. The lowest BCUT2D eigenvalue weighted by molar-refractivity contribution is -0.0293. The van der Waals surface area contributed by atoms with Crippen molar-refractivity contribution >= 4 is 0 Å². The molecule has 0 aromatic heterocycles. The molecule has 0 aromatic carbocycles. The summed E-state index contributed by atoms with van der Waals surface area (Å²) in [6.45, 7) is 0. The second-order valence-electron chi connectivity index (χ2n) is 2.72. The van der Waals surface area contributed by atoms with Gasteiger partial charge in [-0.1, -0.05) is 0 Å². The molecule has 3 atom stereocenters. The van der Waals surface area contributed by atoms with E-state index in [-0.39, 0.29) is 5.92 Å². The van der Waals surface area contributed by atoms with E-state index in [1.54, 1.807) is 0 Å². The second kappa shape index (κ2) is 3.00. The highest BCUT2D eigenvalue weighted by Gasteiger charge is 2.29. The normalized spacial score (nSPS) is 40.7. The molecule has 1 fully saturated rings. The van der Waals surface area contributed by atoms with Crippen LogP contribution in [0.1, 0.15) is 19.3 Å². The fourth-order valence-corrected chi connectivity index (χ4v) is 1.30. The van der Waals surface area contributed by atoms with E-state index in [0.29, 0.717) is 12.8 Å². The first kappa shape index (κ1) is 7.52. The maximum absolute atomic E-state index is 9.16. The Kier molecular flexibility index (Phi) is 2.25. The van der Waals surface area contributed by atoms with Crippen LogP contribution in [0.4, 0.5) is 0 Å². The summed E-state index contributed by atoms with van der Waals surface area (Å²) in [4.78, 5) is 0. The maximum atomic E-state index is 9.16. The number of aliphatic hydroxyl groups is 2. The minimum absolute atomic E-state index is 0.358. The van der Waals surface area contributed by atoms with E-state index in [1.807, 2.05) is 6.07 Å². The molecule has 0 heterocycles. The Bertz CT molecular complexity index is 152. The Morgan fingerprint density at radius 3 is 2.50 bits per heavy atom. The van der Waals surface area contributed by atoms with Crippen molar-refractivity contribution in [2.75, 3.05) is 0 Å². The second-order valence-corrected chi connectivity index (χ2v) is 2.72. The first-order chi connectivity index (χ1) is 4.75. The van der Waals surface area contributed by atoms with Crippen molar-refractivity contribution in [1.82, 2.24) is 0 Å². The Morgan fingerprint density at radius 1 is 1.30 bits per heavy atom. The van der Waals surface area contributed by atoms with Gasteiger partial charge in [0.05, 0.1) is 24.2 Å². The van der Waals surface area contributed by atoms with Crippen LogP contribution < -0.4 is 0 Å². The highest BCUT2D eigenvalue weighted by molar-refractivity contribution is 4.94. The molecule has 1 aliphatic rings. The molecule has 0 unspecified atom stereocenters. The first-order valence-corrected chi connectivity index (χ1v) is 3.51. The van der Waals surface area contributed by atoms with E-state index >= 15 is 0 Å². The van der Waals surface area contributed by atoms with Crippen LogP contribution in [0.5, 0.6) is 0 Å². The Balaban J connectivity index is 2.53. The topological polar surface area (TPSA) is 64.2 Å². The van der Waals surface area contributed by atoms with Gasteiger partial charge in [0.2, 0.25) is 0 Å². The molecule has 2 N–H and O–H groups in total. The lowest BCUT2D eigenvalue weighted by atomic mass is 9.86. The molecule has 0 aromatic rings. The van der Waals surface area contributed by atoms with Crippen LogP contribution in [0, 0.1) is 17.2 Å². The van der Waals surface area contributed by atoms with E-state index in [1.165, 1.54) is 0 Å². The predicted octanol–water partition coefficient (Wildman–Crippen LogP) is 0.0319. The van der Waals surface area contributed by atoms with Gasteiger partial charge < -0.3 is 10.2 Å². The number of nitrogens with zero attached hydrogens (tertiary/aromatic N) is 1. The van der Waals surface area contributed by atoms with Gasteiger partial charge in [0, 0.05) is 0 Å². The molecular weight excluding hydrogens is 130 g/mol. The Morgan fingerprint density at radius 2 is 2.00 bits per heavy atom. The Hall–Kier alpha value is -0.590. The zero-order chi connectivity index (χ0) is 7.56. The van der Waals surface area contributed by atoms with Gasteiger partial charge in [-0.15, -0.1) is 0 Å². The number of rotatable bonds is 0. The van der Waals surface area contributed by atoms with Gasteiger partial charge in [-0.3, -0.25) is 0 Å². The van der Waals surface area contributed by atoms with Crippen molar-refractivity contribution in [3.8, 4) is 6.07 Å². The maximum Gasteiger partial charge on any atom is 0.0956 e. The molecule has 1 rings (SSSR count). The standard InChI is InChI=1S/C7H11NO2/c8-4-5-2-1-3-6(9)7(5)10/h5-7,9-10H,1-3H2/t5-,6+,7-/m1/s1. The molecule has 1 aliphatic carbocycles. The summed E-state index contributed by atoms with van der Waals surface area (Å²) in [5, 5.41) is 26.7. The SMILES string of the molecule is N#C[C@H]1CCC[C@H](O)[C@@H]1O. The zero-order valence-electron chi connectivity index (χ0n) is 5.70. The van der Waals surface area contributed by atoms with Gasteiger partial charge in [0.1, 0.15) is 0 Å². The minimum atomic E-state index is -0.821. The molecule has 56 valence electrons. The molecule has 0 bridgehead atoms. The summed E-state index contributed by atoms with van der Waals surface area (Å²) in [5.41, 5.74) is 0. The third kappa shape index (κ3) is 1.28. The van der Waals surface area contributed by atoms with Crippen molar-refractivity contribution in [3.05, 3.63) is 0 Å². The summed E-state index contributed by atoms with van der Waals surface area (Å²) < 4.78 is 0. The average molecular weight is 141 g/mol. The fourth-order valence-electron chi connectivity index (χ4n) is 1.30. The van der Waals surface area contributed by atoms with Gasteiger partial charge in [-0.25, -0.2) is 0 Å². The summed E-state index contributed by atoms with van der Waals surface area (Å²) in [5.74, 6) is -0.358. The highest BCUT2D eigenvalue weighted by Crippen LogP contribution is 2.23. The van der Waals surface area contributed by atoms with Gasteiger partial charge in [-0.2, -0.15) is 5.26 Å². The predicted molar refractivity (Wildman–Crippen MR) is 35.0 cm³/mol. The van der Waals surface area contributed by atoms with Crippen LogP contribution in [0.15, 0.2) is 0 Å². The minimum Gasteiger partial charge on any atom is -0.390 e. The Labute approximate surface area is 59.9 Å². The van der Waals surface area contributed by atoms with Gasteiger partial charge >= 0.3 is 0 Å². The molecule has 0 amide bonds. The van der Waals surface area contributed by atoms with Gasteiger partial charge in [-0.05, 0) is 19.3 Å². The largest absolute Gasteiger partial charge is 0.390 e. The average Bonchev–Trinajstić information content (AvgIpc) is 1.95. The van der Waals surface area contributed by atoms with Crippen LogP contribution in [0.2, 0.25) is 0 Å².